The van der Waals surface area contributed by atoms with E-state index in [-0.39, 0.29) is 24.4 Å². The zero-order valence-corrected chi connectivity index (χ0v) is 18.5. The SMILES string of the molecule is CCCCN1CC(=O)N2[C@@H](c3cccc(Br)c3)c3[nH]c4ccccc4c3C[C@H]2C1=O. The van der Waals surface area contributed by atoms with Crippen molar-refractivity contribution >= 4 is 38.6 Å². The Morgan fingerprint density at radius 1 is 1.13 bits per heavy atom. The number of piperazine rings is 1. The van der Waals surface area contributed by atoms with E-state index in [4.69, 9.17) is 0 Å². The maximum atomic E-state index is 13.4. The van der Waals surface area contributed by atoms with Crippen molar-refractivity contribution in [3.05, 3.63) is 69.8 Å². The van der Waals surface area contributed by atoms with Gasteiger partial charge in [-0.3, -0.25) is 9.59 Å². The third-order valence-corrected chi connectivity index (χ3v) is 6.78. The minimum atomic E-state index is -0.459. The molecule has 0 aliphatic carbocycles. The number of aromatic amines is 1. The molecule has 2 amide bonds. The van der Waals surface area contributed by atoms with Gasteiger partial charge in [0, 0.05) is 34.0 Å². The van der Waals surface area contributed by atoms with E-state index >= 15 is 0 Å². The molecule has 30 heavy (non-hydrogen) atoms. The van der Waals surface area contributed by atoms with Crippen LogP contribution >= 0.6 is 15.9 Å². The molecule has 6 heteroatoms. The molecule has 3 aromatic rings. The lowest BCUT2D eigenvalue weighted by Crippen LogP contribution is -2.63. The lowest BCUT2D eigenvalue weighted by molar-refractivity contribution is -0.158. The third-order valence-electron chi connectivity index (χ3n) is 6.29. The Bertz CT molecular complexity index is 1140. The predicted molar refractivity (Wildman–Crippen MR) is 120 cm³/mol. The summed E-state index contributed by atoms with van der Waals surface area (Å²) in [4.78, 5) is 33.9. The maximum Gasteiger partial charge on any atom is 0.246 e. The number of H-pyrrole nitrogens is 1. The van der Waals surface area contributed by atoms with E-state index in [0.717, 1.165) is 45.0 Å². The highest BCUT2D eigenvalue weighted by Crippen LogP contribution is 2.42. The fourth-order valence-corrected chi connectivity index (χ4v) is 5.30. The highest BCUT2D eigenvalue weighted by atomic mass is 79.9. The molecule has 5 rings (SSSR count). The summed E-state index contributed by atoms with van der Waals surface area (Å²) in [6, 6.07) is 15.5. The van der Waals surface area contributed by atoms with E-state index in [9.17, 15) is 9.59 Å². The number of nitrogens with one attached hydrogen (secondary N) is 1. The number of unbranched alkanes of at least 4 members (excludes halogenated alkanes) is 1. The highest BCUT2D eigenvalue weighted by Gasteiger charge is 2.48. The molecule has 0 bridgehead atoms. The molecule has 2 aliphatic rings. The molecule has 1 aromatic heterocycles. The van der Waals surface area contributed by atoms with Gasteiger partial charge in [-0.25, -0.2) is 0 Å². The van der Waals surface area contributed by atoms with Crippen LogP contribution in [-0.2, 0) is 16.0 Å². The molecule has 2 aromatic carbocycles. The summed E-state index contributed by atoms with van der Waals surface area (Å²) in [5, 5.41) is 1.14. The van der Waals surface area contributed by atoms with Crippen LogP contribution in [0.25, 0.3) is 10.9 Å². The number of amides is 2. The van der Waals surface area contributed by atoms with Crippen molar-refractivity contribution in [1.29, 1.82) is 0 Å². The van der Waals surface area contributed by atoms with Gasteiger partial charge in [-0.2, -0.15) is 0 Å². The first-order valence-electron chi connectivity index (χ1n) is 10.5. The maximum absolute atomic E-state index is 13.4. The Hall–Kier alpha value is -2.60. The molecule has 0 saturated carbocycles. The van der Waals surface area contributed by atoms with Gasteiger partial charge >= 0.3 is 0 Å². The second kappa shape index (κ2) is 7.58. The lowest BCUT2D eigenvalue weighted by atomic mass is 9.86. The topological polar surface area (TPSA) is 56.4 Å². The average molecular weight is 466 g/mol. The lowest BCUT2D eigenvalue weighted by Gasteiger charge is -2.47. The summed E-state index contributed by atoms with van der Waals surface area (Å²) < 4.78 is 0.958. The van der Waals surface area contributed by atoms with Crippen molar-refractivity contribution < 1.29 is 9.59 Å². The number of hydrogen-bond donors (Lipinski definition) is 1. The number of carbonyl (C=O) groups is 2. The Kier molecular flexibility index (Phi) is 4.89. The Balaban J connectivity index is 1.67. The van der Waals surface area contributed by atoms with Crippen LogP contribution in [0.2, 0.25) is 0 Å². The second-order valence-corrected chi connectivity index (χ2v) is 9.07. The van der Waals surface area contributed by atoms with Crippen LogP contribution in [0.1, 0.15) is 42.6 Å². The van der Waals surface area contributed by atoms with Gasteiger partial charge in [0.1, 0.15) is 6.04 Å². The summed E-state index contributed by atoms with van der Waals surface area (Å²) >= 11 is 3.57. The first-order valence-corrected chi connectivity index (χ1v) is 11.3. The number of rotatable bonds is 4. The quantitative estimate of drug-likeness (QED) is 0.619. The number of halogens is 1. The number of para-hydroxylation sites is 1. The Labute approximate surface area is 184 Å². The van der Waals surface area contributed by atoms with E-state index < -0.39 is 6.04 Å². The molecule has 2 aliphatic heterocycles. The van der Waals surface area contributed by atoms with E-state index in [1.54, 1.807) is 4.90 Å². The molecule has 2 atom stereocenters. The zero-order valence-electron chi connectivity index (χ0n) is 16.9. The van der Waals surface area contributed by atoms with Gasteiger partial charge in [0.05, 0.1) is 12.6 Å². The molecule has 154 valence electrons. The van der Waals surface area contributed by atoms with Crippen molar-refractivity contribution in [2.75, 3.05) is 13.1 Å². The smallest absolute Gasteiger partial charge is 0.246 e. The molecule has 0 spiro atoms. The predicted octanol–water partition coefficient (Wildman–Crippen LogP) is 4.42. The van der Waals surface area contributed by atoms with Crippen LogP contribution in [0.5, 0.6) is 0 Å². The molecular weight excluding hydrogens is 442 g/mol. The van der Waals surface area contributed by atoms with Gasteiger partial charge in [-0.15, -0.1) is 0 Å². The van der Waals surface area contributed by atoms with Crippen LogP contribution in [0, 0.1) is 0 Å². The summed E-state index contributed by atoms with van der Waals surface area (Å²) in [7, 11) is 0. The number of fused-ring (bicyclic) bond motifs is 4. The van der Waals surface area contributed by atoms with Crippen LogP contribution < -0.4 is 0 Å². The molecule has 1 N–H and O–H groups in total. The van der Waals surface area contributed by atoms with Gasteiger partial charge in [-0.1, -0.05) is 59.6 Å². The molecule has 5 nitrogen and oxygen atoms in total. The largest absolute Gasteiger partial charge is 0.356 e. The zero-order chi connectivity index (χ0) is 20.8. The normalized spacial score (nSPS) is 21.1. The molecule has 0 radical (unpaired) electrons. The Morgan fingerprint density at radius 3 is 2.77 bits per heavy atom. The van der Waals surface area contributed by atoms with Crippen molar-refractivity contribution in [3.63, 3.8) is 0 Å². The van der Waals surface area contributed by atoms with Crippen LogP contribution in [0.15, 0.2) is 53.0 Å². The highest BCUT2D eigenvalue weighted by molar-refractivity contribution is 9.10. The Morgan fingerprint density at radius 2 is 1.97 bits per heavy atom. The monoisotopic (exact) mass is 465 g/mol. The number of carbonyl (C=O) groups excluding carboxylic acids is 2. The van der Waals surface area contributed by atoms with Crippen LogP contribution in [0.4, 0.5) is 0 Å². The molecular formula is C24H24BrN3O2. The van der Waals surface area contributed by atoms with E-state index in [2.05, 4.69) is 40.0 Å². The standard InChI is InChI=1S/C24H24BrN3O2/c1-2-3-11-27-14-21(29)28-20(24(27)30)13-18-17-9-4-5-10-19(17)26-22(18)23(28)15-7-6-8-16(25)12-15/h4-10,12,20,23,26H,2-3,11,13-14H2,1H3/t20-,23-/m0/s1. The minimum absolute atomic E-state index is 0.0185. The molecule has 3 heterocycles. The van der Waals surface area contributed by atoms with E-state index in [1.807, 2.05) is 41.3 Å². The van der Waals surface area contributed by atoms with Crippen molar-refractivity contribution in [1.82, 2.24) is 14.8 Å². The van der Waals surface area contributed by atoms with Crippen molar-refractivity contribution in [2.45, 2.75) is 38.3 Å². The van der Waals surface area contributed by atoms with Crippen molar-refractivity contribution in [2.24, 2.45) is 0 Å². The molecule has 1 fully saturated rings. The first-order chi connectivity index (χ1) is 14.6. The minimum Gasteiger partial charge on any atom is -0.356 e. The van der Waals surface area contributed by atoms with Crippen LogP contribution in [-0.4, -0.2) is 45.7 Å². The summed E-state index contributed by atoms with van der Waals surface area (Å²) in [6.45, 7) is 2.91. The first kappa shape index (κ1) is 19.4. The van der Waals surface area contributed by atoms with E-state index in [1.165, 1.54) is 0 Å². The van der Waals surface area contributed by atoms with Crippen molar-refractivity contribution in [3.8, 4) is 0 Å². The number of aromatic nitrogens is 1. The number of benzene rings is 2. The van der Waals surface area contributed by atoms with Gasteiger partial charge in [0.2, 0.25) is 11.8 Å². The fourth-order valence-electron chi connectivity index (χ4n) is 4.88. The fraction of sp³-hybridized carbons (Fsp3) is 0.333. The average Bonchev–Trinajstić information content (AvgIpc) is 3.12. The third kappa shape index (κ3) is 3.05. The second-order valence-electron chi connectivity index (χ2n) is 8.15. The van der Waals surface area contributed by atoms with Gasteiger partial charge in [-0.05, 0) is 35.7 Å². The van der Waals surface area contributed by atoms with Gasteiger partial charge in [0.25, 0.3) is 0 Å². The van der Waals surface area contributed by atoms with Gasteiger partial charge < -0.3 is 14.8 Å². The molecule has 1 saturated heterocycles. The molecule has 0 unspecified atom stereocenters. The van der Waals surface area contributed by atoms with Gasteiger partial charge in [0.15, 0.2) is 0 Å². The summed E-state index contributed by atoms with van der Waals surface area (Å²) in [5.41, 5.74) is 4.22. The van der Waals surface area contributed by atoms with Crippen LogP contribution in [0.3, 0.4) is 0 Å². The summed E-state index contributed by atoms with van der Waals surface area (Å²) in [6.07, 6.45) is 2.47. The van der Waals surface area contributed by atoms with E-state index in [0.29, 0.717) is 13.0 Å². The number of hydrogen-bond acceptors (Lipinski definition) is 2. The number of nitrogens with zero attached hydrogens (tertiary/aromatic N) is 2. The summed E-state index contributed by atoms with van der Waals surface area (Å²) in [5.74, 6) is 0.0870.